The Bertz CT molecular complexity index is 1280. The molecule has 4 fully saturated rings. The van der Waals surface area contributed by atoms with E-state index >= 15 is 0 Å². The lowest BCUT2D eigenvalue weighted by Crippen LogP contribution is -2.53. The monoisotopic (exact) mass is 552 g/mol. The number of ether oxygens (including phenoxy) is 2. The molecule has 7 rings (SSSR count). The van der Waals surface area contributed by atoms with Crippen molar-refractivity contribution in [3.63, 3.8) is 0 Å². The summed E-state index contributed by atoms with van der Waals surface area (Å²) in [6.07, 6.45) is 14.3. The van der Waals surface area contributed by atoms with Crippen LogP contribution >= 0.6 is 0 Å². The molecule has 0 radical (unpaired) electrons. The number of carbonyl (C=O) groups excluding carboxylic acids is 1. The maximum atomic E-state index is 11.7. The molecule has 3 saturated carbocycles. The first kappa shape index (κ1) is 27.4. The topological polar surface area (TPSA) is 35.5 Å². The predicted octanol–water partition coefficient (Wildman–Crippen LogP) is 9.01. The van der Waals surface area contributed by atoms with Crippen LogP contribution in [0.1, 0.15) is 103 Å². The standard InChI is InChI=1S/C38H48O3/c1-26(39)40-30-19-21-35(2)29(25-30)15-16-31-32-17-18-34(36(32,3)22-20-33(31)35)37(4)23-24-38(41-37,27-11-7-5-8-12-27)28-13-9-6-10-14-28/h5-15,30-34H,16-25H2,1-4H3/t30-,31+,32+,33+,34+,35-,36-,37-/m0/s1. The molecule has 41 heavy (non-hydrogen) atoms. The van der Waals surface area contributed by atoms with E-state index in [1.807, 2.05) is 0 Å². The van der Waals surface area contributed by atoms with E-state index in [1.54, 1.807) is 12.5 Å². The average Bonchev–Trinajstić information content (AvgIpc) is 3.53. The number of hydrogen-bond donors (Lipinski definition) is 0. The third kappa shape index (κ3) is 4.20. The number of benzene rings is 2. The number of fused-ring (bicyclic) bond motifs is 5. The fraction of sp³-hybridized carbons (Fsp3) is 0.605. The SMILES string of the molecule is CC(=O)O[C@H]1CC[C@@]2(C)C(=CC[C@@H]3[C@H]4CC[C@@H]([C@]5(C)CCC(c6ccccc6)(c6ccccc6)O5)[C@@]4(C)CC[C@H]32)C1. The molecule has 2 aromatic carbocycles. The fourth-order valence-electron chi connectivity index (χ4n) is 11.1. The number of carbonyl (C=O) groups is 1. The molecule has 0 aromatic heterocycles. The third-order valence-electron chi connectivity index (χ3n) is 13.0. The summed E-state index contributed by atoms with van der Waals surface area (Å²) >= 11 is 0. The smallest absolute Gasteiger partial charge is 0.302 e. The lowest BCUT2D eigenvalue weighted by atomic mass is 9.46. The van der Waals surface area contributed by atoms with Gasteiger partial charge in [0.2, 0.25) is 0 Å². The van der Waals surface area contributed by atoms with Gasteiger partial charge in [-0.2, -0.15) is 0 Å². The number of esters is 1. The molecule has 0 bridgehead atoms. The summed E-state index contributed by atoms with van der Waals surface area (Å²) in [5.41, 5.74) is 4.24. The summed E-state index contributed by atoms with van der Waals surface area (Å²) in [5.74, 6) is 2.71. The molecule has 3 heteroatoms. The largest absolute Gasteiger partial charge is 0.462 e. The molecular weight excluding hydrogens is 504 g/mol. The third-order valence-corrected chi connectivity index (χ3v) is 13.0. The molecule has 8 atom stereocenters. The van der Waals surface area contributed by atoms with E-state index < -0.39 is 0 Å². The first-order valence-corrected chi connectivity index (χ1v) is 16.4. The maximum absolute atomic E-state index is 11.7. The van der Waals surface area contributed by atoms with E-state index in [9.17, 15) is 4.79 Å². The molecule has 4 aliphatic carbocycles. The Morgan fingerprint density at radius 2 is 1.49 bits per heavy atom. The summed E-state index contributed by atoms with van der Waals surface area (Å²) in [5, 5.41) is 0. The van der Waals surface area contributed by atoms with Gasteiger partial charge < -0.3 is 9.47 Å². The molecule has 218 valence electrons. The normalized spacial score (nSPS) is 41.1. The van der Waals surface area contributed by atoms with Crippen LogP contribution in [0.25, 0.3) is 0 Å². The van der Waals surface area contributed by atoms with Gasteiger partial charge in [0.25, 0.3) is 0 Å². The Balaban J connectivity index is 1.17. The van der Waals surface area contributed by atoms with E-state index in [4.69, 9.17) is 9.47 Å². The molecule has 0 amide bonds. The molecule has 0 N–H and O–H groups in total. The second-order valence-corrected chi connectivity index (χ2v) is 14.9. The summed E-state index contributed by atoms with van der Waals surface area (Å²) in [6, 6.07) is 22.0. The van der Waals surface area contributed by atoms with Crippen LogP contribution in [0.3, 0.4) is 0 Å². The second kappa shape index (κ2) is 9.83. The Hall–Kier alpha value is -2.39. The van der Waals surface area contributed by atoms with Crippen molar-refractivity contribution in [1.82, 2.24) is 0 Å². The highest BCUT2D eigenvalue weighted by Gasteiger charge is 2.64. The van der Waals surface area contributed by atoms with Crippen molar-refractivity contribution in [2.24, 2.45) is 34.5 Å². The number of allylic oxidation sites excluding steroid dienone is 1. The fourth-order valence-corrected chi connectivity index (χ4v) is 11.1. The molecular formula is C38H48O3. The molecule has 0 spiro atoms. The molecule has 0 unspecified atom stereocenters. The van der Waals surface area contributed by atoms with Gasteiger partial charge in [0.1, 0.15) is 11.7 Å². The average molecular weight is 553 g/mol. The van der Waals surface area contributed by atoms with Gasteiger partial charge in [0.05, 0.1) is 5.60 Å². The quantitative estimate of drug-likeness (QED) is 0.280. The van der Waals surface area contributed by atoms with E-state index in [-0.39, 0.29) is 28.7 Å². The van der Waals surface area contributed by atoms with Crippen molar-refractivity contribution < 1.29 is 14.3 Å². The molecule has 1 saturated heterocycles. The minimum absolute atomic E-state index is 0.0713. The minimum atomic E-state index is -0.376. The van der Waals surface area contributed by atoms with Crippen molar-refractivity contribution in [3.8, 4) is 0 Å². The molecule has 3 nitrogen and oxygen atoms in total. The summed E-state index contributed by atoms with van der Waals surface area (Å²) in [7, 11) is 0. The van der Waals surface area contributed by atoms with Crippen LogP contribution in [0.4, 0.5) is 0 Å². The highest BCUT2D eigenvalue weighted by molar-refractivity contribution is 5.66. The maximum Gasteiger partial charge on any atom is 0.302 e. The van der Waals surface area contributed by atoms with Crippen LogP contribution in [-0.4, -0.2) is 17.7 Å². The first-order valence-electron chi connectivity index (χ1n) is 16.4. The summed E-state index contributed by atoms with van der Waals surface area (Å²) in [4.78, 5) is 11.7. The van der Waals surface area contributed by atoms with E-state index in [0.717, 1.165) is 49.9 Å². The molecule has 5 aliphatic rings. The lowest BCUT2D eigenvalue weighted by molar-refractivity contribution is -0.153. The van der Waals surface area contributed by atoms with E-state index in [2.05, 4.69) is 87.5 Å². The van der Waals surface area contributed by atoms with Crippen molar-refractivity contribution in [3.05, 3.63) is 83.4 Å². The number of rotatable bonds is 4. The molecule has 1 heterocycles. The summed E-state index contributed by atoms with van der Waals surface area (Å²) < 4.78 is 13.2. The van der Waals surface area contributed by atoms with Crippen molar-refractivity contribution in [2.45, 2.75) is 109 Å². The lowest BCUT2D eigenvalue weighted by Gasteiger charge is -2.59. The van der Waals surface area contributed by atoms with Crippen molar-refractivity contribution >= 4 is 5.97 Å². The van der Waals surface area contributed by atoms with Gasteiger partial charge in [-0.15, -0.1) is 0 Å². The summed E-state index contributed by atoms with van der Waals surface area (Å²) in [6.45, 7) is 9.20. The van der Waals surface area contributed by atoms with Crippen molar-refractivity contribution in [2.75, 3.05) is 0 Å². The van der Waals surface area contributed by atoms with Gasteiger partial charge >= 0.3 is 5.97 Å². The van der Waals surface area contributed by atoms with Gasteiger partial charge in [-0.05, 0) is 110 Å². The van der Waals surface area contributed by atoms with Crippen LogP contribution < -0.4 is 0 Å². The van der Waals surface area contributed by atoms with Gasteiger partial charge in [0, 0.05) is 13.3 Å². The highest BCUT2D eigenvalue weighted by atomic mass is 16.5. The van der Waals surface area contributed by atoms with Crippen LogP contribution in [0.5, 0.6) is 0 Å². The zero-order chi connectivity index (χ0) is 28.5. The Labute approximate surface area is 247 Å². The van der Waals surface area contributed by atoms with Gasteiger partial charge in [0.15, 0.2) is 0 Å². The second-order valence-electron chi connectivity index (χ2n) is 14.9. The molecule has 2 aromatic rings. The van der Waals surface area contributed by atoms with Gasteiger partial charge in [-0.25, -0.2) is 0 Å². The Kier molecular flexibility index (Phi) is 6.58. The van der Waals surface area contributed by atoms with Crippen LogP contribution in [0.2, 0.25) is 0 Å². The predicted molar refractivity (Wildman–Crippen MR) is 163 cm³/mol. The Morgan fingerprint density at radius 3 is 2.15 bits per heavy atom. The van der Waals surface area contributed by atoms with E-state index in [0.29, 0.717) is 11.3 Å². The van der Waals surface area contributed by atoms with Crippen LogP contribution in [0, 0.1) is 34.5 Å². The van der Waals surface area contributed by atoms with Crippen LogP contribution in [0.15, 0.2) is 72.3 Å². The van der Waals surface area contributed by atoms with Gasteiger partial charge in [-0.3, -0.25) is 4.79 Å². The number of hydrogen-bond acceptors (Lipinski definition) is 3. The minimum Gasteiger partial charge on any atom is -0.462 e. The van der Waals surface area contributed by atoms with E-state index in [1.165, 1.54) is 43.2 Å². The highest BCUT2D eigenvalue weighted by Crippen LogP contribution is 2.69. The van der Waals surface area contributed by atoms with Gasteiger partial charge in [-0.1, -0.05) is 86.2 Å². The molecule has 1 aliphatic heterocycles. The Morgan fingerprint density at radius 1 is 0.805 bits per heavy atom. The van der Waals surface area contributed by atoms with Crippen molar-refractivity contribution in [1.29, 1.82) is 0 Å². The zero-order valence-corrected chi connectivity index (χ0v) is 25.5. The first-order chi connectivity index (χ1) is 19.7. The van der Waals surface area contributed by atoms with Crippen LogP contribution in [-0.2, 0) is 19.9 Å². The zero-order valence-electron chi connectivity index (χ0n) is 25.5.